The molecule has 0 aromatic heterocycles. The summed E-state index contributed by atoms with van der Waals surface area (Å²) in [7, 11) is 1.61. The molecule has 0 saturated carbocycles. The van der Waals surface area contributed by atoms with Crippen LogP contribution in [0.1, 0.15) is 18.0 Å². The van der Waals surface area contributed by atoms with E-state index < -0.39 is 4.92 Å². The fourth-order valence-corrected chi connectivity index (χ4v) is 3.34. The largest absolute Gasteiger partial charge is 0.496 e. The SMILES string of the molecule is COc1ccccc1C1CNCCN1C(=O)CCOc1ccccc1[N+](=O)[O-]. The fraction of sp³-hybridized carbons (Fsp3) is 0.350. The molecule has 148 valence electrons. The lowest BCUT2D eigenvalue weighted by atomic mass is 10.0. The van der Waals surface area contributed by atoms with Gasteiger partial charge in [0.25, 0.3) is 0 Å². The smallest absolute Gasteiger partial charge is 0.310 e. The molecule has 8 heteroatoms. The monoisotopic (exact) mass is 385 g/mol. The molecule has 1 fully saturated rings. The van der Waals surface area contributed by atoms with Gasteiger partial charge in [0.1, 0.15) is 5.75 Å². The molecule has 1 saturated heterocycles. The zero-order valence-electron chi connectivity index (χ0n) is 15.7. The predicted octanol–water partition coefficient (Wildman–Crippen LogP) is 2.55. The zero-order valence-corrected chi connectivity index (χ0v) is 15.7. The van der Waals surface area contributed by atoms with Gasteiger partial charge in [-0.05, 0) is 12.1 Å². The average molecular weight is 385 g/mol. The van der Waals surface area contributed by atoms with E-state index in [1.54, 1.807) is 19.2 Å². The highest BCUT2D eigenvalue weighted by Crippen LogP contribution is 2.31. The van der Waals surface area contributed by atoms with Gasteiger partial charge < -0.3 is 19.7 Å². The fourth-order valence-electron chi connectivity index (χ4n) is 3.34. The van der Waals surface area contributed by atoms with E-state index in [0.717, 1.165) is 11.3 Å². The number of carbonyl (C=O) groups excluding carboxylic acids is 1. The third-order valence-electron chi connectivity index (χ3n) is 4.70. The van der Waals surface area contributed by atoms with Crippen molar-refractivity contribution < 1.29 is 19.2 Å². The highest BCUT2D eigenvalue weighted by molar-refractivity contribution is 5.77. The number of piperazine rings is 1. The number of benzene rings is 2. The topological polar surface area (TPSA) is 93.9 Å². The molecular formula is C20H23N3O5. The van der Waals surface area contributed by atoms with Crippen molar-refractivity contribution in [3.05, 3.63) is 64.2 Å². The Hall–Kier alpha value is -3.13. The first-order valence-electron chi connectivity index (χ1n) is 9.11. The number of rotatable bonds is 7. The van der Waals surface area contributed by atoms with Gasteiger partial charge in [-0.1, -0.05) is 30.3 Å². The van der Waals surface area contributed by atoms with Crippen molar-refractivity contribution in [1.29, 1.82) is 0 Å². The standard InChI is InChI=1S/C20H23N3O5/c1-27-18-8-4-2-6-15(18)17-14-21-11-12-22(17)20(24)10-13-28-19-9-5-3-7-16(19)23(25)26/h2-9,17,21H,10-14H2,1H3. The Morgan fingerprint density at radius 1 is 1.21 bits per heavy atom. The summed E-state index contributed by atoms with van der Waals surface area (Å²) in [4.78, 5) is 25.2. The first kappa shape index (κ1) is 19.6. The number of nitrogens with zero attached hydrogens (tertiary/aromatic N) is 2. The Kier molecular flexibility index (Phi) is 6.44. The maximum Gasteiger partial charge on any atom is 0.310 e. The maximum absolute atomic E-state index is 12.8. The Labute approximate surface area is 163 Å². The number of nitrogens with one attached hydrogen (secondary N) is 1. The number of methoxy groups -OCH3 is 1. The normalized spacial score (nSPS) is 16.5. The highest BCUT2D eigenvalue weighted by Gasteiger charge is 2.29. The molecule has 1 unspecified atom stereocenters. The lowest BCUT2D eigenvalue weighted by Crippen LogP contribution is -2.49. The third kappa shape index (κ3) is 4.40. The number of hydrogen-bond acceptors (Lipinski definition) is 6. The van der Waals surface area contributed by atoms with Crippen LogP contribution in [0, 0.1) is 10.1 Å². The van der Waals surface area contributed by atoms with Gasteiger partial charge in [-0.25, -0.2) is 0 Å². The second-order valence-corrected chi connectivity index (χ2v) is 6.37. The van der Waals surface area contributed by atoms with Crippen LogP contribution in [0.15, 0.2) is 48.5 Å². The second kappa shape index (κ2) is 9.18. The van der Waals surface area contributed by atoms with Gasteiger partial charge in [-0.2, -0.15) is 0 Å². The summed E-state index contributed by atoms with van der Waals surface area (Å²) in [5.41, 5.74) is 0.842. The molecule has 28 heavy (non-hydrogen) atoms. The first-order valence-corrected chi connectivity index (χ1v) is 9.11. The van der Waals surface area contributed by atoms with Crippen molar-refractivity contribution in [2.45, 2.75) is 12.5 Å². The third-order valence-corrected chi connectivity index (χ3v) is 4.70. The van der Waals surface area contributed by atoms with Crippen LogP contribution in [-0.4, -0.2) is 49.1 Å². The van der Waals surface area contributed by atoms with Crippen LogP contribution in [0.25, 0.3) is 0 Å². The van der Waals surface area contributed by atoms with Gasteiger partial charge >= 0.3 is 5.69 Å². The maximum atomic E-state index is 12.8. The van der Waals surface area contributed by atoms with Crippen molar-refractivity contribution in [3.63, 3.8) is 0 Å². The molecule has 1 heterocycles. The number of nitro benzene ring substituents is 1. The van der Waals surface area contributed by atoms with E-state index in [1.165, 1.54) is 12.1 Å². The van der Waals surface area contributed by atoms with E-state index in [-0.39, 0.29) is 36.4 Å². The number of para-hydroxylation sites is 3. The molecule has 1 atom stereocenters. The van der Waals surface area contributed by atoms with Crippen LogP contribution in [0.3, 0.4) is 0 Å². The van der Waals surface area contributed by atoms with Gasteiger partial charge in [-0.15, -0.1) is 0 Å². The van der Waals surface area contributed by atoms with E-state index in [1.807, 2.05) is 29.2 Å². The molecule has 8 nitrogen and oxygen atoms in total. The number of hydrogen-bond donors (Lipinski definition) is 1. The van der Waals surface area contributed by atoms with Gasteiger partial charge in [0.2, 0.25) is 5.91 Å². The summed E-state index contributed by atoms with van der Waals surface area (Å²) in [5.74, 6) is 0.850. The number of nitro groups is 1. The minimum Gasteiger partial charge on any atom is -0.496 e. The van der Waals surface area contributed by atoms with Crippen molar-refractivity contribution in [1.82, 2.24) is 10.2 Å². The minimum atomic E-state index is -0.495. The van der Waals surface area contributed by atoms with E-state index in [4.69, 9.17) is 9.47 Å². The van der Waals surface area contributed by atoms with Crippen LogP contribution < -0.4 is 14.8 Å². The van der Waals surface area contributed by atoms with Gasteiger partial charge in [0.05, 0.1) is 31.1 Å². The second-order valence-electron chi connectivity index (χ2n) is 6.37. The predicted molar refractivity (Wildman–Crippen MR) is 104 cm³/mol. The Balaban J connectivity index is 1.66. The summed E-state index contributed by atoms with van der Waals surface area (Å²) in [6, 6.07) is 13.7. The highest BCUT2D eigenvalue weighted by atomic mass is 16.6. The molecule has 1 N–H and O–H groups in total. The molecule has 2 aromatic rings. The molecule has 3 rings (SSSR count). The van der Waals surface area contributed by atoms with Crippen LogP contribution in [0.2, 0.25) is 0 Å². The average Bonchev–Trinajstić information content (AvgIpc) is 2.73. The zero-order chi connectivity index (χ0) is 19.9. The lowest BCUT2D eigenvalue weighted by molar-refractivity contribution is -0.385. The summed E-state index contributed by atoms with van der Waals surface area (Å²) < 4.78 is 11.0. The lowest BCUT2D eigenvalue weighted by Gasteiger charge is -2.37. The van der Waals surface area contributed by atoms with Crippen molar-refractivity contribution in [2.24, 2.45) is 0 Å². The quantitative estimate of drug-likeness (QED) is 0.581. The van der Waals surface area contributed by atoms with Crippen LogP contribution in [0.4, 0.5) is 5.69 Å². The Morgan fingerprint density at radius 3 is 2.68 bits per heavy atom. The number of ether oxygens (including phenoxy) is 2. The summed E-state index contributed by atoms with van der Waals surface area (Å²) in [6.07, 6.45) is 0.137. The van der Waals surface area contributed by atoms with E-state index >= 15 is 0 Å². The van der Waals surface area contributed by atoms with E-state index in [9.17, 15) is 14.9 Å². The van der Waals surface area contributed by atoms with E-state index in [2.05, 4.69) is 5.32 Å². The van der Waals surface area contributed by atoms with Gasteiger partial charge in [0.15, 0.2) is 5.75 Å². The van der Waals surface area contributed by atoms with Crippen LogP contribution >= 0.6 is 0 Å². The van der Waals surface area contributed by atoms with Gasteiger partial charge in [-0.3, -0.25) is 14.9 Å². The van der Waals surface area contributed by atoms with E-state index in [0.29, 0.717) is 19.6 Å². The minimum absolute atomic E-state index is 0.0593. The van der Waals surface area contributed by atoms with Crippen LogP contribution in [-0.2, 0) is 4.79 Å². The van der Waals surface area contributed by atoms with Gasteiger partial charge in [0, 0.05) is 31.3 Å². The summed E-state index contributed by atoms with van der Waals surface area (Å²) >= 11 is 0. The molecular weight excluding hydrogens is 362 g/mol. The van der Waals surface area contributed by atoms with Crippen LogP contribution in [0.5, 0.6) is 11.5 Å². The first-order chi connectivity index (χ1) is 13.6. The summed E-state index contributed by atoms with van der Waals surface area (Å²) in [6.45, 7) is 2.00. The number of amides is 1. The van der Waals surface area contributed by atoms with Crippen molar-refractivity contribution >= 4 is 11.6 Å². The Bertz CT molecular complexity index is 842. The molecule has 0 radical (unpaired) electrons. The molecule has 1 aliphatic heterocycles. The van der Waals surface area contributed by atoms with Crippen molar-refractivity contribution in [2.75, 3.05) is 33.4 Å². The van der Waals surface area contributed by atoms with Crippen molar-refractivity contribution in [3.8, 4) is 11.5 Å². The molecule has 0 aliphatic carbocycles. The molecule has 0 spiro atoms. The molecule has 1 amide bonds. The molecule has 2 aromatic carbocycles. The Morgan fingerprint density at radius 2 is 1.93 bits per heavy atom. The number of carbonyl (C=O) groups is 1. The molecule has 0 bridgehead atoms. The molecule has 1 aliphatic rings. The summed E-state index contributed by atoms with van der Waals surface area (Å²) in [5, 5.41) is 14.4.